The maximum atomic E-state index is 14.4. The van der Waals surface area contributed by atoms with Gasteiger partial charge in [-0.05, 0) is 86.1 Å². The Morgan fingerprint density at radius 3 is 2.31 bits per heavy atom. The van der Waals surface area contributed by atoms with E-state index in [2.05, 4.69) is 4.90 Å². The molecule has 3 aromatic rings. The van der Waals surface area contributed by atoms with Crippen LogP contribution in [0.4, 0.5) is 14.5 Å². The summed E-state index contributed by atoms with van der Waals surface area (Å²) in [4.78, 5) is 29.7. The van der Waals surface area contributed by atoms with E-state index in [1.807, 2.05) is 6.07 Å². The molecule has 5 nitrogen and oxygen atoms in total. The number of carbonyl (C=O) groups is 2. The van der Waals surface area contributed by atoms with Crippen LogP contribution < -0.4 is 9.64 Å². The predicted molar refractivity (Wildman–Crippen MR) is 134 cm³/mol. The van der Waals surface area contributed by atoms with Crippen molar-refractivity contribution in [1.29, 1.82) is 0 Å². The Morgan fingerprint density at radius 1 is 1.00 bits per heavy atom. The number of benzene rings is 3. The van der Waals surface area contributed by atoms with E-state index in [1.54, 1.807) is 43.5 Å². The first kappa shape index (κ1) is 24.4. The van der Waals surface area contributed by atoms with Crippen LogP contribution in [0, 0.1) is 11.6 Å². The van der Waals surface area contributed by atoms with Gasteiger partial charge >= 0.3 is 0 Å². The molecule has 0 radical (unpaired) electrons. The number of piperidine rings is 1. The fourth-order valence-corrected chi connectivity index (χ4v) is 5.47. The summed E-state index contributed by atoms with van der Waals surface area (Å²) in [6.45, 7) is 1.87. The molecule has 2 aliphatic rings. The summed E-state index contributed by atoms with van der Waals surface area (Å²) in [5, 5.41) is 0.539. The molecule has 36 heavy (non-hydrogen) atoms. The van der Waals surface area contributed by atoms with Gasteiger partial charge in [0.25, 0.3) is 5.91 Å². The quantitative estimate of drug-likeness (QED) is 0.425. The van der Waals surface area contributed by atoms with Crippen molar-refractivity contribution in [3.8, 4) is 5.75 Å². The number of hydrogen-bond donors (Lipinski definition) is 0. The molecule has 1 saturated heterocycles. The van der Waals surface area contributed by atoms with Gasteiger partial charge in [0, 0.05) is 28.2 Å². The topological polar surface area (TPSA) is 49.9 Å². The zero-order valence-electron chi connectivity index (χ0n) is 19.8. The van der Waals surface area contributed by atoms with Gasteiger partial charge in [0.2, 0.25) is 0 Å². The van der Waals surface area contributed by atoms with Crippen molar-refractivity contribution in [2.24, 2.45) is 0 Å². The monoisotopic (exact) mass is 510 g/mol. The number of Topliss-reactive ketones (excluding diaryl/α,β-unsaturated/α-hetero) is 1. The lowest BCUT2D eigenvalue weighted by molar-refractivity contribution is 0.0881. The molecule has 3 aromatic carbocycles. The summed E-state index contributed by atoms with van der Waals surface area (Å²) in [5.41, 5.74) is 1.18. The number of halogens is 3. The van der Waals surface area contributed by atoms with Crippen molar-refractivity contribution in [3.05, 3.63) is 94.0 Å². The fraction of sp³-hybridized carbons (Fsp3) is 0.286. The molecule has 1 amide bonds. The van der Waals surface area contributed by atoms with Crippen molar-refractivity contribution in [1.82, 2.24) is 4.90 Å². The molecule has 2 heterocycles. The highest BCUT2D eigenvalue weighted by Gasteiger charge is 2.47. The number of nitrogens with zero attached hydrogens (tertiary/aromatic N) is 2. The van der Waals surface area contributed by atoms with E-state index in [0.717, 1.165) is 17.7 Å². The number of anilines is 1. The normalized spacial score (nSPS) is 16.7. The van der Waals surface area contributed by atoms with Crippen molar-refractivity contribution in [2.45, 2.75) is 18.3 Å². The molecule has 0 bridgehead atoms. The lowest BCUT2D eigenvalue weighted by atomic mass is 9.74. The van der Waals surface area contributed by atoms with Crippen LogP contribution in [0.3, 0.4) is 0 Å². The molecule has 0 N–H and O–H groups in total. The summed E-state index contributed by atoms with van der Waals surface area (Å²) in [5.74, 6) is -1.76. The van der Waals surface area contributed by atoms with E-state index >= 15 is 0 Å². The number of fused-ring (bicyclic) bond motifs is 2. The molecule has 2 aliphatic heterocycles. The van der Waals surface area contributed by atoms with Gasteiger partial charge in [-0.15, -0.1) is 0 Å². The summed E-state index contributed by atoms with van der Waals surface area (Å²) >= 11 is 6.32. The summed E-state index contributed by atoms with van der Waals surface area (Å²) < 4.78 is 34.0. The second-order valence-electron chi connectivity index (χ2n) is 9.36. The van der Waals surface area contributed by atoms with Crippen LogP contribution in [0.1, 0.15) is 39.1 Å². The first-order valence-corrected chi connectivity index (χ1v) is 12.1. The largest absolute Gasteiger partial charge is 0.497 e. The number of ether oxygens (including phenoxy) is 1. The molecule has 0 atom stereocenters. The summed E-state index contributed by atoms with van der Waals surface area (Å²) in [6, 6.07) is 15.7. The smallest absolute Gasteiger partial charge is 0.264 e. The van der Waals surface area contributed by atoms with Gasteiger partial charge in [0.1, 0.15) is 22.9 Å². The van der Waals surface area contributed by atoms with E-state index in [9.17, 15) is 18.4 Å². The molecule has 0 unspecified atom stereocenters. The van der Waals surface area contributed by atoms with Gasteiger partial charge < -0.3 is 9.64 Å². The molecular formula is C28H25ClF2N2O3. The third-order valence-corrected chi connectivity index (χ3v) is 7.53. The lowest BCUT2D eigenvalue weighted by Crippen LogP contribution is -2.47. The number of methoxy groups -OCH3 is 1. The van der Waals surface area contributed by atoms with Crippen LogP contribution in [0.25, 0.3) is 0 Å². The highest BCUT2D eigenvalue weighted by molar-refractivity contribution is 6.30. The molecule has 1 spiro atoms. The van der Waals surface area contributed by atoms with Crippen molar-refractivity contribution >= 4 is 29.0 Å². The van der Waals surface area contributed by atoms with Gasteiger partial charge in [-0.3, -0.25) is 14.5 Å². The van der Waals surface area contributed by atoms with E-state index in [0.29, 0.717) is 54.5 Å². The highest BCUT2D eigenvalue weighted by Crippen LogP contribution is 2.48. The Kier molecular flexibility index (Phi) is 6.53. The van der Waals surface area contributed by atoms with Crippen LogP contribution in [0.5, 0.6) is 5.75 Å². The van der Waals surface area contributed by atoms with E-state index in [1.165, 1.54) is 11.0 Å². The number of hydrogen-bond acceptors (Lipinski definition) is 4. The van der Waals surface area contributed by atoms with Crippen LogP contribution in [0.15, 0.2) is 60.7 Å². The number of ketones is 1. The van der Waals surface area contributed by atoms with Crippen LogP contribution >= 0.6 is 11.6 Å². The van der Waals surface area contributed by atoms with Gasteiger partial charge in [0.15, 0.2) is 5.78 Å². The Hall–Kier alpha value is -3.29. The van der Waals surface area contributed by atoms with Crippen LogP contribution in [-0.2, 0) is 5.41 Å². The average molecular weight is 511 g/mol. The zero-order chi connectivity index (χ0) is 25.4. The van der Waals surface area contributed by atoms with E-state index < -0.39 is 28.5 Å². The third-order valence-electron chi connectivity index (χ3n) is 7.30. The number of rotatable bonds is 5. The maximum Gasteiger partial charge on any atom is 0.264 e. The molecule has 1 fully saturated rings. The zero-order valence-corrected chi connectivity index (χ0v) is 20.5. The second kappa shape index (κ2) is 9.64. The van der Waals surface area contributed by atoms with Crippen molar-refractivity contribution in [3.63, 3.8) is 0 Å². The first-order chi connectivity index (χ1) is 17.3. The molecular weight excluding hydrogens is 486 g/mol. The highest BCUT2D eigenvalue weighted by atomic mass is 35.5. The Bertz CT molecular complexity index is 1300. The molecule has 0 aliphatic carbocycles. The summed E-state index contributed by atoms with van der Waals surface area (Å²) in [6.07, 6.45) is 1.36. The fourth-order valence-electron chi connectivity index (χ4n) is 5.30. The maximum absolute atomic E-state index is 14.4. The predicted octanol–water partition coefficient (Wildman–Crippen LogP) is 5.50. The minimum atomic E-state index is -0.886. The number of likely N-dealkylation sites (tertiary alicyclic amines) is 1. The van der Waals surface area contributed by atoms with Gasteiger partial charge in [-0.25, -0.2) is 8.78 Å². The SMILES string of the molecule is COc1ccc(C(=O)CN2CCC3(CC2)CN(C(=O)c2c(F)cccc2F)c2ccc(Cl)cc23)cc1. The third kappa shape index (κ3) is 4.38. The average Bonchev–Trinajstić information content (AvgIpc) is 3.18. The molecule has 8 heteroatoms. The second-order valence-corrected chi connectivity index (χ2v) is 9.79. The van der Waals surface area contributed by atoms with Crippen molar-refractivity contribution in [2.75, 3.05) is 38.2 Å². The Labute approximate surface area is 213 Å². The molecule has 5 rings (SSSR count). The van der Waals surface area contributed by atoms with Gasteiger partial charge in [0.05, 0.1) is 13.7 Å². The summed E-state index contributed by atoms with van der Waals surface area (Å²) in [7, 11) is 1.58. The number of carbonyl (C=O) groups excluding carboxylic acids is 2. The van der Waals surface area contributed by atoms with E-state index in [4.69, 9.17) is 16.3 Å². The van der Waals surface area contributed by atoms with Crippen LogP contribution in [-0.4, -0.2) is 49.9 Å². The Morgan fingerprint density at radius 2 is 1.67 bits per heavy atom. The minimum absolute atomic E-state index is 0.0234. The molecule has 0 saturated carbocycles. The number of amides is 1. The minimum Gasteiger partial charge on any atom is -0.497 e. The van der Waals surface area contributed by atoms with Crippen molar-refractivity contribution < 1.29 is 23.1 Å². The van der Waals surface area contributed by atoms with Gasteiger partial charge in [-0.2, -0.15) is 0 Å². The van der Waals surface area contributed by atoms with Crippen LogP contribution in [0.2, 0.25) is 5.02 Å². The van der Waals surface area contributed by atoms with E-state index in [-0.39, 0.29) is 12.3 Å². The molecule has 0 aromatic heterocycles. The van der Waals surface area contributed by atoms with Gasteiger partial charge in [-0.1, -0.05) is 17.7 Å². The Balaban J connectivity index is 1.35. The standard InChI is InChI=1S/C28H25ClF2N2O3/c1-36-20-8-5-18(6-9-20)25(34)16-32-13-11-28(12-14-32)17-33(24-10-7-19(29)15-21(24)28)27(35)26-22(30)3-2-4-23(26)31/h2-10,15H,11-14,16-17H2,1H3. The lowest BCUT2D eigenvalue weighted by Gasteiger charge is -2.39. The molecule has 186 valence electrons. The first-order valence-electron chi connectivity index (χ1n) is 11.8.